The third-order valence-electron chi connectivity index (χ3n) is 7.25. The van der Waals surface area contributed by atoms with Crippen molar-refractivity contribution in [3.05, 3.63) is 118 Å². The van der Waals surface area contributed by atoms with E-state index < -0.39 is 12.1 Å². The molecule has 1 aliphatic heterocycles. The zero-order valence-corrected chi connectivity index (χ0v) is 23.8. The molecule has 4 N–H and O–H groups in total. The number of carbonyl (C=O) groups excluding carboxylic acids is 3. The maximum atomic E-state index is 13.9. The maximum absolute atomic E-state index is 13.9. The molecule has 5 rings (SSSR count). The molecule has 2 heterocycles. The molecule has 0 saturated carbocycles. The van der Waals surface area contributed by atoms with Crippen LogP contribution in [0.5, 0.6) is 5.75 Å². The first-order chi connectivity index (χ1) is 20.3. The van der Waals surface area contributed by atoms with Crippen molar-refractivity contribution >= 4 is 29.4 Å². The number of urea groups is 1. The van der Waals surface area contributed by atoms with E-state index in [-0.39, 0.29) is 31.3 Å². The molecular weight excluding hydrogens is 556 g/mol. The lowest BCUT2D eigenvalue weighted by Crippen LogP contribution is -2.52. The molecule has 42 heavy (non-hydrogen) atoms. The Morgan fingerprint density at radius 2 is 1.71 bits per heavy atom. The number of benzene rings is 3. The Morgan fingerprint density at radius 1 is 1.00 bits per heavy atom. The van der Waals surface area contributed by atoms with Crippen LogP contribution in [-0.2, 0) is 37.4 Å². The van der Waals surface area contributed by atoms with E-state index in [4.69, 9.17) is 22.1 Å². The second kappa shape index (κ2) is 12.8. The fourth-order valence-corrected chi connectivity index (χ4v) is 5.15. The number of aromatic nitrogens is 2. The smallest absolute Gasteiger partial charge is 0.312 e. The number of primary amides is 1. The lowest BCUT2D eigenvalue weighted by Gasteiger charge is -2.35. The Kier molecular flexibility index (Phi) is 8.73. The van der Waals surface area contributed by atoms with E-state index in [1.54, 1.807) is 42.6 Å². The van der Waals surface area contributed by atoms with Crippen LogP contribution < -0.4 is 21.1 Å². The van der Waals surface area contributed by atoms with E-state index in [1.807, 2.05) is 53.1 Å². The van der Waals surface area contributed by atoms with Crippen molar-refractivity contribution in [2.45, 2.75) is 38.6 Å². The number of rotatable bonds is 9. The van der Waals surface area contributed by atoms with Crippen LogP contribution in [0.3, 0.4) is 0 Å². The number of hydrogen-bond donors (Lipinski definition) is 3. The third kappa shape index (κ3) is 6.55. The number of amides is 4. The average molecular weight is 587 g/mol. The minimum absolute atomic E-state index is 0.204. The molecule has 10 nitrogen and oxygen atoms in total. The topological polar surface area (TPSA) is 132 Å². The van der Waals surface area contributed by atoms with Gasteiger partial charge in [-0.05, 0) is 41.0 Å². The Morgan fingerprint density at radius 3 is 2.40 bits per heavy atom. The second-order valence-corrected chi connectivity index (χ2v) is 10.4. The molecule has 1 aromatic heterocycles. The molecule has 0 radical (unpaired) electrons. The van der Waals surface area contributed by atoms with Crippen molar-refractivity contribution in [3.8, 4) is 5.75 Å². The molecule has 0 aliphatic carbocycles. The number of hydrogen-bond acceptors (Lipinski definition) is 5. The summed E-state index contributed by atoms with van der Waals surface area (Å²) in [6, 6.07) is 20.6. The van der Waals surface area contributed by atoms with E-state index in [0.29, 0.717) is 29.4 Å². The number of ether oxygens (including phenoxy) is 1. The number of methoxy groups -OCH3 is 1. The first-order valence-corrected chi connectivity index (χ1v) is 13.8. The van der Waals surface area contributed by atoms with Crippen LogP contribution in [0.4, 0.5) is 4.79 Å². The molecule has 11 heteroatoms. The van der Waals surface area contributed by atoms with Crippen molar-refractivity contribution in [1.82, 2.24) is 25.1 Å². The fraction of sp³-hybridized carbons (Fsp3) is 0.226. The highest BCUT2D eigenvalue weighted by atomic mass is 35.5. The van der Waals surface area contributed by atoms with Gasteiger partial charge in [0, 0.05) is 30.1 Å². The standard InChI is InChI=1S/C31H31ClN6O4/c1-42-24-7-4-6-22(13-24)30(40)38-18-28-26(36-19-37(28)17-23-5-2-3-8-25(23)32)14-27(38)29(39)34-15-20-9-11-21(12-10-20)16-35-31(33)41/h2-13,19,27H,14-18H2,1H3,(H,34,39)(H3,33,35,41). The molecule has 4 amide bonds. The minimum Gasteiger partial charge on any atom is -0.497 e. The number of nitrogens with zero attached hydrogens (tertiary/aromatic N) is 3. The zero-order chi connectivity index (χ0) is 29.6. The summed E-state index contributed by atoms with van der Waals surface area (Å²) >= 11 is 6.41. The summed E-state index contributed by atoms with van der Waals surface area (Å²) in [6.45, 7) is 1.28. The Balaban J connectivity index is 1.37. The van der Waals surface area contributed by atoms with Gasteiger partial charge in [-0.25, -0.2) is 9.78 Å². The molecule has 0 spiro atoms. The van der Waals surface area contributed by atoms with Crippen LogP contribution in [0.1, 0.15) is 38.4 Å². The third-order valence-corrected chi connectivity index (χ3v) is 7.62. The van der Waals surface area contributed by atoms with Gasteiger partial charge >= 0.3 is 6.03 Å². The summed E-state index contributed by atoms with van der Waals surface area (Å²) in [5.74, 6) is -0.00805. The molecule has 4 aromatic rings. The molecule has 1 unspecified atom stereocenters. The van der Waals surface area contributed by atoms with Crippen molar-refractivity contribution in [3.63, 3.8) is 0 Å². The number of halogens is 1. The van der Waals surface area contributed by atoms with E-state index >= 15 is 0 Å². The lowest BCUT2D eigenvalue weighted by atomic mass is 9.99. The molecule has 1 aliphatic rings. The number of nitrogens with one attached hydrogen (secondary N) is 2. The Labute approximate surface area is 248 Å². The summed E-state index contributed by atoms with van der Waals surface area (Å²) in [4.78, 5) is 44.6. The molecule has 1 atom stereocenters. The molecule has 0 fully saturated rings. The van der Waals surface area contributed by atoms with Gasteiger partial charge in [0.2, 0.25) is 5.91 Å². The average Bonchev–Trinajstić information content (AvgIpc) is 3.40. The summed E-state index contributed by atoms with van der Waals surface area (Å²) in [5.41, 5.74) is 9.87. The first-order valence-electron chi connectivity index (χ1n) is 13.4. The summed E-state index contributed by atoms with van der Waals surface area (Å²) in [7, 11) is 1.54. The van der Waals surface area contributed by atoms with Crippen molar-refractivity contribution < 1.29 is 19.1 Å². The summed E-state index contributed by atoms with van der Waals surface area (Å²) in [5, 5.41) is 6.18. The van der Waals surface area contributed by atoms with Gasteiger partial charge in [0.1, 0.15) is 11.8 Å². The highest BCUT2D eigenvalue weighted by molar-refractivity contribution is 6.31. The van der Waals surface area contributed by atoms with Gasteiger partial charge in [-0.3, -0.25) is 9.59 Å². The van der Waals surface area contributed by atoms with Gasteiger partial charge < -0.3 is 30.6 Å². The Bertz CT molecular complexity index is 1600. The number of carbonyl (C=O) groups is 3. The van der Waals surface area contributed by atoms with Crippen LogP contribution in [0.25, 0.3) is 0 Å². The van der Waals surface area contributed by atoms with Crippen LogP contribution in [0.2, 0.25) is 5.02 Å². The summed E-state index contributed by atoms with van der Waals surface area (Å²) in [6.07, 6.45) is 2.00. The molecule has 216 valence electrons. The second-order valence-electron chi connectivity index (χ2n) is 9.99. The highest BCUT2D eigenvalue weighted by Gasteiger charge is 2.37. The Hall–Kier alpha value is -4.83. The van der Waals surface area contributed by atoms with Gasteiger partial charge in [0.15, 0.2) is 0 Å². The molecule has 3 aromatic carbocycles. The number of nitrogens with two attached hydrogens (primary N) is 1. The van der Waals surface area contributed by atoms with Gasteiger partial charge in [-0.2, -0.15) is 0 Å². The number of imidazole rings is 1. The van der Waals surface area contributed by atoms with E-state index in [0.717, 1.165) is 28.1 Å². The zero-order valence-electron chi connectivity index (χ0n) is 23.0. The first kappa shape index (κ1) is 28.7. The van der Waals surface area contributed by atoms with Crippen LogP contribution in [-0.4, -0.2) is 45.4 Å². The van der Waals surface area contributed by atoms with Gasteiger partial charge in [-0.1, -0.05) is 60.1 Å². The lowest BCUT2D eigenvalue weighted by molar-refractivity contribution is -0.126. The quantitative estimate of drug-likeness (QED) is 0.275. The van der Waals surface area contributed by atoms with E-state index in [9.17, 15) is 14.4 Å². The minimum atomic E-state index is -0.765. The van der Waals surface area contributed by atoms with E-state index in [2.05, 4.69) is 15.6 Å². The molecule has 0 bridgehead atoms. The highest BCUT2D eigenvalue weighted by Crippen LogP contribution is 2.27. The monoisotopic (exact) mass is 586 g/mol. The normalized spacial score (nSPS) is 14.1. The molecular formula is C31H31ClN6O4. The van der Waals surface area contributed by atoms with E-state index in [1.165, 1.54) is 0 Å². The van der Waals surface area contributed by atoms with Crippen molar-refractivity contribution in [2.75, 3.05) is 7.11 Å². The van der Waals surface area contributed by atoms with Crippen LogP contribution >= 0.6 is 11.6 Å². The fourth-order valence-electron chi connectivity index (χ4n) is 4.95. The predicted octanol–water partition coefficient (Wildman–Crippen LogP) is 3.65. The largest absolute Gasteiger partial charge is 0.497 e. The van der Waals surface area contributed by atoms with Crippen LogP contribution in [0.15, 0.2) is 79.1 Å². The van der Waals surface area contributed by atoms with Gasteiger partial charge in [-0.15, -0.1) is 0 Å². The maximum Gasteiger partial charge on any atom is 0.312 e. The predicted molar refractivity (Wildman–Crippen MR) is 158 cm³/mol. The SMILES string of the molecule is COc1cccc(C(=O)N2Cc3c(ncn3Cc3ccccc3Cl)CC2C(=O)NCc2ccc(CNC(N)=O)cc2)c1. The van der Waals surface area contributed by atoms with Crippen molar-refractivity contribution in [2.24, 2.45) is 5.73 Å². The molecule has 0 saturated heterocycles. The van der Waals surface area contributed by atoms with Crippen molar-refractivity contribution in [1.29, 1.82) is 0 Å². The number of fused-ring (bicyclic) bond motifs is 1. The van der Waals surface area contributed by atoms with Gasteiger partial charge in [0.25, 0.3) is 5.91 Å². The summed E-state index contributed by atoms with van der Waals surface area (Å²) < 4.78 is 7.30. The van der Waals surface area contributed by atoms with Gasteiger partial charge in [0.05, 0.1) is 37.9 Å². The van der Waals surface area contributed by atoms with Crippen LogP contribution in [0, 0.1) is 0 Å².